The van der Waals surface area contributed by atoms with Crippen molar-refractivity contribution in [1.29, 1.82) is 0 Å². The molecule has 1 aromatic rings. The van der Waals surface area contributed by atoms with E-state index in [0.29, 0.717) is 24.6 Å². The van der Waals surface area contributed by atoms with Gasteiger partial charge in [-0.1, -0.05) is 26.2 Å². The third-order valence-electron chi connectivity index (χ3n) is 3.51. The van der Waals surface area contributed by atoms with Crippen LogP contribution in [0.2, 0.25) is 0 Å². The van der Waals surface area contributed by atoms with Crippen molar-refractivity contribution < 1.29 is 5.11 Å². The minimum Gasteiger partial charge on any atom is -0.388 e. The Bertz CT molecular complexity index is 450. The summed E-state index contributed by atoms with van der Waals surface area (Å²) in [6.07, 6.45) is 5.68. The third kappa shape index (κ3) is 3.32. The Morgan fingerprint density at radius 2 is 2.17 bits per heavy atom. The summed E-state index contributed by atoms with van der Waals surface area (Å²) in [5.41, 5.74) is -0.797. The lowest BCUT2D eigenvalue weighted by Crippen LogP contribution is -2.39. The topological polar surface area (TPSA) is 78.0 Å². The van der Waals surface area contributed by atoms with Crippen molar-refractivity contribution >= 4 is 5.82 Å². The molecule has 5 heteroatoms. The van der Waals surface area contributed by atoms with Gasteiger partial charge in [0.15, 0.2) is 0 Å². The fourth-order valence-electron chi connectivity index (χ4n) is 2.41. The summed E-state index contributed by atoms with van der Waals surface area (Å²) in [7, 11) is 0. The molecule has 0 aromatic carbocycles. The highest BCUT2D eigenvalue weighted by Crippen LogP contribution is 2.27. The standard InChI is InChI=1S/C13H21N3O2/c1-2-10-15-11(8-12(17)16-10)14-9-13(18)6-4-3-5-7-13/h8,18H,2-7,9H2,1H3,(H2,14,15,16,17). The first-order chi connectivity index (χ1) is 8.61. The average molecular weight is 251 g/mol. The summed E-state index contributed by atoms with van der Waals surface area (Å²) < 4.78 is 0. The molecule has 0 saturated heterocycles. The third-order valence-corrected chi connectivity index (χ3v) is 3.51. The highest BCUT2D eigenvalue weighted by Gasteiger charge is 2.28. The van der Waals surface area contributed by atoms with Crippen LogP contribution in [-0.2, 0) is 6.42 Å². The lowest BCUT2D eigenvalue weighted by Gasteiger charge is -2.32. The number of aromatic amines is 1. The average Bonchev–Trinajstić information content (AvgIpc) is 2.37. The van der Waals surface area contributed by atoms with Gasteiger partial charge in [0.05, 0.1) is 5.60 Å². The van der Waals surface area contributed by atoms with Crippen LogP contribution in [0, 0.1) is 0 Å². The van der Waals surface area contributed by atoms with E-state index >= 15 is 0 Å². The van der Waals surface area contributed by atoms with Crippen molar-refractivity contribution in [3.05, 3.63) is 22.2 Å². The first-order valence-electron chi connectivity index (χ1n) is 6.68. The molecule has 0 aliphatic heterocycles. The lowest BCUT2D eigenvalue weighted by molar-refractivity contribution is 0.0166. The highest BCUT2D eigenvalue weighted by molar-refractivity contribution is 5.33. The van der Waals surface area contributed by atoms with Gasteiger partial charge < -0.3 is 15.4 Å². The van der Waals surface area contributed by atoms with Crippen LogP contribution in [0.4, 0.5) is 5.82 Å². The van der Waals surface area contributed by atoms with Gasteiger partial charge >= 0.3 is 0 Å². The summed E-state index contributed by atoms with van der Waals surface area (Å²) in [4.78, 5) is 18.4. The number of hydrogen-bond donors (Lipinski definition) is 3. The summed E-state index contributed by atoms with van der Waals surface area (Å²) in [5, 5.41) is 13.4. The van der Waals surface area contributed by atoms with E-state index < -0.39 is 5.60 Å². The number of rotatable bonds is 4. The molecule has 100 valence electrons. The predicted octanol–water partition coefficient (Wildman–Crippen LogP) is 1.44. The summed E-state index contributed by atoms with van der Waals surface area (Å²) in [6.45, 7) is 2.41. The Morgan fingerprint density at radius 3 is 2.83 bits per heavy atom. The molecule has 2 rings (SSSR count). The van der Waals surface area contributed by atoms with E-state index in [1.54, 1.807) is 0 Å². The molecule has 1 aliphatic carbocycles. The minimum absolute atomic E-state index is 0.153. The Labute approximate surface area is 107 Å². The van der Waals surface area contributed by atoms with E-state index in [-0.39, 0.29) is 5.56 Å². The van der Waals surface area contributed by atoms with Crippen LogP contribution in [0.15, 0.2) is 10.9 Å². The molecule has 5 nitrogen and oxygen atoms in total. The number of anilines is 1. The zero-order valence-corrected chi connectivity index (χ0v) is 10.8. The van der Waals surface area contributed by atoms with Crippen molar-refractivity contribution in [1.82, 2.24) is 9.97 Å². The predicted molar refractivity (Wildman–Crippen MR) is 70.8 cm³/mol. The van der Waals surface area contributed by atoms with Gasteiger partial charge in [-0.2, -0.15) is 0 Å². The van der Waals surface area contributed by atoms with Gasteiger partial charge in [-0.05, 0) is 12.8 Å². The zero-order valence-electron chi connectivity index (χ0n) is 10.8. The molecule has 1 saturated carbocycles. The normalized spacial score (nSPS) is 18.6. The van der Waals surface area contributed by atoms with Crippen LogP contribution in [0.25, 0.3) is 0 Å². The lowest BCUT2D eigenvalue weighted by atomic mass is 9.85. The number of hydrogen-bond acceptors (Lipinski definition) is 4. The zero-order chi connectivity index (χ0) is 13.0. The number of nitrogens with zero attached hydrogens (tertiary/aromatic N) is 1. The summed E-state index contributed by atoms with van der Waals surface area (Å²) in [5.74, 6) is 1.22. The van der Waals surface area contributed by atoms with E-state index in [1.807, 2.05) is 6.92 Å². The Kier molecular flexibility index (Phi) is 4.01. The molecule has 0 bridgehead atoms. The SMILES string of the molecule is CCc1nc(NCC2(O)CCCCC2)cc(=O)[nH]1. The largest absolute Gasteiger partial charge is 0.388 e. The molecule has 3 N–H and O–H groups in total. The van der Waals surface area contributed by atoms with Crippen molar-refractivity contribution in [2.45, 2.75) is 51.0 Å². The first kappa shape index (κ1) is 13.1. The van der Waals surface area contributed by atoms with Gasteiger partial charge in [0.2, 0.25) is 0 Å². The second-order valence-electron chi connectivity index (χ2n) is 5.07. The van der Waals surface area contributed by atoms with Crippen molar-refractivity contribution in [2.24, 2.45) is 0 Å². The Morgan fingerprint density at radius 1 is 1.44 bits per heavy atom. The number of aromatic nitrogens is 2. The molecule has 0 spiro atoms. The molecule has 0 amide bonds. The molecule has 0 atom stereocenters. The summed E-state index contributed by atoms with van der Waals surface area (Å²) >= 11 is 0. The van der Waals surface area contributed by atoms with Crippen LogP contribution in [0.3, 0.4) is 0 Å². The Balaban J connectivity index is 2.01. The number of aliphatic hydroxyl groups is 1. The first-order valence-corrected chi connectivity index (χ1v) is 6.68. The van der Waals surface area contributed by atoms with E-state index in [2.05, 4.69) is 15.3 Å². The van der Waals surface area contributed by atoms with Gasteiger partial charge in [-0.25, -0.2) is 4.98 Å². The van der Waals surface area contributed by atoms with Gasteiger partial charge in [0.1, 0.15) is 11.6 Å². The maximum Gasteiger partial charge on any atom is 0.252 e. The Hall–Kier alpha value is -1.36. The smallest absolute Gasteiger partial charge is 0.252 e. The van der Waals surface area contributed by atoms with E-state index in [9.17, 15) is 9.90 Å². The maximum atomic E-state index is 11.4. The number of nitrogens with one attached hydrogen (secondary N) is 2. The molecule has 18 heavy (non-hydrogen) atoms. The van der Waals surface area contributed by atoms with Gasteiger partial charge in [0.25, 0.3) is 5.56 Å². The molecule has 0 radical (unpaired) electrons. The molecular weight excluding hydrogens is 230 g/mol. The van der Waals surface area contributed by atoms with E-state index in [4.69, 9.17) is 0 Å². The van der Waals surface area contributed by atoms with Crippen LogP contribution in [0.1, 0.15) is 44.9 Å². The molecular formula is C13H21N3O2. The number of aryl methyl sites for hydroxylation is 1. The van der Waals surface area contributed by atoms with Gasteiger partial charge in [-0.15, -0.1) is 0 Å². The quantitative estimate of drug-likeness (QED) is 0.756. The van der Waals surface area contributed by atoms with Crippen LogP contribution < -0.4 is 10.9 Å². The summed E-state index contributed by atoms with van der Waals surface area (Å²) in [6, 6.07) is 1.44. The monoisotopic (exact) mass is 251 g/mol. The van der Waals surface area contributed by atoms with E-state index in [1.165, 1.54) is 12.5 Å². The van der Waals surface area contributed by atoms with Crippen molar-refractivity contribution in [3.8, 4) is 0 Å². The van der Waals surface area contributed by atoms with Crippen LogP contribution in [0.5, 0.6) is 0 Å². The van der Waals surface area contributed by atoms with Crippen LogP contribution >= 0.6 is 0 Å². The molecule has 1 fully saturated rings. The highest BCUT2D eigenvalue weighted by atomic mass is 16.3. The van der Waals surface area contributed by atoms with E-state index in [0.717, 1.165) is 25.7 Å². The number of H-pyrrole nitrogens is 1. The minimum atomic E-state index is -0.644. The fraction of sp³-hybridized carbons (Fsp3) is 0.692. The second-order valence-corrected chi connectivity index (χ2v) is 5.07. The van der Waals surface area contributed by atoms with Crippen molar-refractivity contribution in [3.63, 3.8) is 0 Å². The molecule has 1 aromatic heterocycles. The maximum absolute atomic E-state index is 11.4. The fourth-order valence-corrected chi connectivity index (χ4v) is 2.41. The molecule has 1 heterocycles. The second kappa shape index (κ2) is 5.52. The van der Waals surface area contributed by atoms with Crippen LogP contribution in [-0.4, -0.2) is 27.2 Å². The van der Waals surface area contributed by atoms with Gasteiger partial charge in [0, 0.05) is 19.0 Å². The van der Waals surface area contributed by atoms with Gasteiger partial charge in [-0.3, -0.25) is 4.79 Å². The van der Waals surface area contributed by atoms with Crippen molar-refractivity contribution in [2.75, 3.05) is 11.9 Å². The molecule has 1 aliphatic rings. The molecule has 0 unspecified atom stereocenters.